The average molecular weight is 289 g/mol. The van der Waals surface area contributed by atoms with Crippen molar-refractivity contribution in [1.82, 2.24) is 15.0 Å². The summed E-state index contributed by atoms with van der Waals surface area (Å²) < 4.78 is 10.9. The molecule has 0 atom stereocenters. The maximum atomic E-state index is 11.6. The summed E-state index contributed by atoms with van der Waals surface area (Å²) in [6, 6.07) is 3.59. The molecule has 2 aromatic rings. The Morgan fingerprint density at radius 2 is 2.43 bits per heavy atom. The molecule has 0 saturated heterocycles. The van der Waals surface area contributed by atoms with Gasteiger partial charge in [0, 0.05) is 24.7 Å². The molecule has 1 aliphatic rings. The van der Waals surface area contributed by atoms with Crippen LogP contribution >= 0.6 is 0 Å². The summed E-state index contributed by atoms with van der Waals surface area (Å²) >= 11 is 0. The number of fused-ring (bicyclic) bond motifs is 1. The third kappa shape index (κ3) is 2.87. The lowest BCUT2D eigenvalue weighted by atomic mass is 10.1. The van der Waals surface area contributed by atoms with E-state index in [0.717, 1.165) is 11.3 Å². The highest BCUT2D eigenvalue weighted by Crippen LogP contribution is 2.23. The molecule has 0 bridgehead atoms. The van der Waals surface area contributed by atoms with Gasteiger partial charge in [0.1, 0.15) is 30.4 Å². The van der Waals surface area contributed by atoms with E-state index in [4.69, 9.17) is 14.4 Å². The van der Waals surface area contributed by atoms with E-state index in [0.29, 0.717) is 31.0 Å². The molecule has 0 radical (unpaired) electrons. The largest absolute Gasteiger partial charge is 0.486 e. The van der Waals surface area contributed by atoms with Gasteiger partial charge in [-0.2, -0.15) is 0 Å². The second-order valence-corrected chi connectivity index (χ2v) is 4.73. The van der Waals surface area contributed by atoms with Gasteiger partial charge < -0.3 is 19.3 Å². The van der Waals surface area contributed by atoms with E-state index in [-0.39, 0.29) is 12.5 Å². The Bertz CT molecular complexity index is 626. The molecule has 21 heavy (non-hydrogen) atoms. The van der Waals surface area contributed by atoms with Crippen molar-refractivity contribution in [3.63, 3.8) is 0 Å². The highest BCUT2D eigenvalue weighted by molar-refractivity contribution is 5.77. The highest BCUT2D eigenvalue weighted by atomic mass is 16.5. The summed E-state index contributed by atoms with van der Waals surface area (Å²) in [4.78, 5) is 17.1. The Hall–Kier alpha value is -2.41. The van der Waals surface area contributed by atoms with Crippen LogP contribution in [0.1, 0.15) is 17.0 Å². The Labute approximate surface area is 121 Å². The van der Waals surface area contributed by atoms with Gasteiger partial charge in [0.05, 0.1) is 12.7 Å². The molecule has 3 rings (SSSR count). The predicted molar refractivity (Wildman–Crippen MR) is 71.3 cm³/mol. The number of aliphatic hydroxyl groups is 1. The van der Waals surface area contributed by atoms with Crippen LogP contribution in [-0.4, -0.2) is 39.2 Å². The first-order valence-electron chi connectivity index (χ1n) is 6.65. The lowest BCUT2D eigenvalue weighted by Crippen LogP contribution is -2.37. The van der Waals surface area contributed by atoms with Gasteiger partial charge in [-0.15, -0.1) is 0 Å². The fourth-order valence-electron chi connectivity index (χ4n) is 2.27. The first-order valence-corrected chi connectivity index (χ1v) is 6.65. The standard InChI is InChI=1S/C14H15N3O4/c18-8-14(19)17-5-3-13-11(7-17)12(16-21-13)9-20-10-2-1-4-15-6-10/h1-2,4,6,18H,3,5,7-9H2. The molecule has 0 saturated carbocycles. The smallest absolute Gasteiger partial charge is 0.248 e. The molecular formula is C14H15N3O4. The fourth-order valence-corrected chi connectivity index (χ4v) is 2.27. The topological polar surface area (TPSA) is 88.7 Å². The molecule has 3 heterocycles. The van der Waals surface area contributed by atoms with Crippen molar-refractivity contribution in [2.24, 2.45) is 0 Å². The number of nitrogens with zero attached hydrogens (tertiary/aromatic N) is 3. The van der Waals surface area contributed by atoms with Crippen molar-refractivity contribution < 1.29 is 19.2 Å². The number of rotatable bonds is 4. The molecule has 1 aliphatic heterocycles. The van der Waals surface area contributed by atoms with E-state index in [1.807, 2.05) is 0 Å². The first kappa shape index (κ1) is 13.6. The van der Waals surface area contributed by atoms with E-state index in [9.17, 15) is 4.79 Å². The Kier molecular flexibility index (Phi) is 3.83. The molecule has 7 nitrogen and oxygen atoms in total. The third-order valence-corrected chi connectivity index (χ3v) is 3.41. The van der Waals surface area contributed by atoms with Gasteiger partial charge in [-0.25, -0.2) is 0 Å². The van der Waals surface area contributed by atoms with Crippen molar-refractivity contribution in [3.8, 4) is 5.75 Å². The average Bonchev–Trinajstić information content (AvgIpc) is 2.95. The molecule has 0 fully saturated rings. The van der Waals surface area contributed by atoms with E-state index < -0.39 is 6.61 Å². The quantitative estimate of drug-likeness (QED) is 0.883. The summed E-state index contributed by atoms with van der Waals surface area (Å²) in [5, 5.41) is 13.0. The van der Waals surface area contributed by atoms with Crippen LogP contribution in [0.4, 0.5) is 0 Å². The molecule has 1 amide bonds. The molecule has 0 aliphatic carbocycles. The Morgan fingerprint density at radius 1 is 1.52 bits per heavy atom. The number of amides is 1. The lowest BCUT2D eigenvalue weighted by Gasteiger charge is -2.25. The van der Waals surface area contributed by atoms with Crippen LogP contribution in [-0.2, 0) is 24.4 Å². The van der Waals surface area contributed by atoms with Crippen molar-refractivity contribution in [2.45, 2.75) is 19.6 Å². The zero-order chi connectivity index (χ0) is 14.7. The van der Waals surface area contributed by atoms with Crippen LogP contribution in [0.2, 0.25) is 0 Å². The SMILES string of the molecule is O=C(CO)N1CCc2onc(COc3cccnc3)c2C1. The summed E-state index contributed by atoms with van der Waals surface area (Å²) in [6.07, 6.45) is 3.89. The minimum absolute atomic E-state index is 0.256. The summed E-state index contributed by atoms with van der Waals surface area (Å²) in [5.74, 6) is 1.14. The normalized spacial score (nSPS) is 13.9. The number of carbonyl (C=O) groups excluding carboxylic acids is 1. The number of aliphatic hydroxyl groups excluding tert-OH is 1. The van der Waals surface area contributed by atoms with E-state index in [1.165, 1.54) is 0 Å². The van der Waals surface area contributed by atoms with Crippen LogP contribution in [0.15, 0.2) is 29.0 Å². The number of hydrogen-bond donors (Lipinski definition) is 1. The van der Waals surface area contributed by atoms with Gasteiger partial charge >= 0.3 is 0 Å². The zero-order valence-corrected chi connectivity index (χ0v) is 11.4. The van der Waals surface area contributed by atoms with Gasteiger partial charge in [-0.05, 0) is 12.1 Å². The van der Waals surface area contributed by atoms with E-state index in [2.05, 4.69) is 10.1 Å². The number of pyridine rings is 1. The molecule has 0 unspecified atom stereocenters. The van der Waals surface area contributed by atoms with Gasteiger partial charge in [0.25, 0.3) is 0 Å². The highest BCUT2D eigenvalue weighted by Gasteiger charge is 2.26. The van der Waals surface area contributed by atoms with Crippen molar-refractivity contribution in [2.75, 3.05) is 13.2 Å². The fraction of sp³-hybridized carbons (Fsp3) is 0.357. The Morgan fingerprint density at radius 3 is 3.19 bits per heavy atom. The summed E-state index contributed by atoms with van der Waals surface area (Å²) in [5.41, 5.74) is 1.54. The number of carbonyl (C=O) groups is 1. The van der Waals surface area contributed by atoms with Gasteiger partial charge in [-0.1, -0.05) is 5.16 Å². The summed E-state index contributed by atoms with van der Waals surface area (Å²) in [6.45, 7) is 0.697. The minimum atomic E-state index is -0.484. The van der Waals surface area contributed by atoms with E-state index >= 15 is 0 Å². The second-order valence-electron chi connectivity index (χ2n) is 4.73. The van der Waals surface area contributed by atoms with Crippen molar-refractivity contribution in [3.05, 3.63) is 41.5 Å². The van der Waals surface area contributed by atoms with Gasteiger partial charge in [0.15, 0.2) is 0 Å². The number of hydrogen-bond acceptors (Lipinski definition) is 6. The van der Waals surface area contributed by atoms with Crippen LogP contribution in [0.25, 0.3) is 0 Å². The molecule has 110 valence electrons. The Balaban J connectivity index is 1.71. The predicted octanol–water partition coefficient (Wildman–Crippen LogP) is 0.526. The maximum Gasteiger partial charge on any atom is 0.248 e. The minimum Gasteiger partial charge on any atom is -0.486 e. The monoisotopic (exact) mass is 289 g/mol. The maximum absolute atomic E-state index is 11.6. The third-order valence-electron chi connectivity index (χ3n) is 3.41. The van der Waals surface area contributed by atoms with Gasteiger partial charge in [0.2, 0.25) is 5.91 Å². The second kappa shape index (κ2) is 5.92. The lowest BCUT2D eigenvalue weighted by molar-refractivity contribution is -0.135. The molecule has 2 aromatic heterocycles. The molecular weight excluding hydrogens is 274 g/mol. The molecule has 0 aromatic carbocycles. The molecule has 0 spiro atoms. The molecule has 1 N–H and O–H groups in total. The zero-order valence-electron chi connectivity index (χ0n) is 11.4. The van der Waals surface area contributed by atoms with E-state index in [1.54, 1.807) is 29.4 Å². The number of aromatic nitrogens is 2. The van der Waals surface area contributed by atoms with Crippen molar-refractivity contribution >= 4 is 5.91 Å². The van der Waals surface area contributed by atoms with Crippen LogP contribution in [0.5, 0.6) is 5.75 Å². The summed E-state index contributed by atoms with van der Waals surface area (Å²) in [7, 11) is 0. The van der Waals surface area contributed by atoms with Gasteiger partial charge in [-0.3, -0.25) is 9.78 Å². The van der Waals surface area contributed by atoms with Crippen LogP contribution in [0.3, 0.4) is 0 Å². The van der Waals surface area contributed by atoms with Crippen LogP contribution < -0.4 is 4.74 Å². The molecule has 7 heteroatoms. The van der Waals surface area contributed by atoms with Crippen LogP contribution in [0, 0.1) is 0 Å². The first-order chi connectivity index (χ1) is 10.3. The number of ether oxygens (including phenoxy) is 1. The van der Waals surface area contributed by atoms with Crippen molar-refractivity contribution in [1.29, 1.82) is 0 Å².